The number of ketones is 1. The van der Waals surface area contributed by atoms with Crippen molar-refractivity contribution in [1.82, 2.24) is 0 Å². The fraction of sp³-hybridized carbons (Fsp3) is 0.286. The third-order valence-corrected chi connectivity index (χ3v) is 5.08. The zero-order valence-electron chi connectivity index (χ0n) is 14.9. The molecule has 1 heterocycles. The second kappa shape index (κ2) is 6.32. The van der Waals surface area contributed by atoms with Gasteiger partial charge in [-0.15, -0.1) is 0 Å². The average Bonchev–Trinajstić information content (AvgIpc) is 3.45. The molecule has 0 bridgehead atoms. The monoisotopic (exact) mass is 364 g/mol. The van der Waals surface area contributed by atoms with E-state index >= 15 is 0 Å². The number of carbonyl (C=O) groups is 3. The molecular weight excluding hydrogens is 344 g/mol. The van der Waals surface area contributed by atoms with Gasteiger partial charge in [-0.3, -0.25) is 14.4 Å². The molecule has 2 aromatic carbocycles. The summed E-state index contributed by atoms with van der Waals surface area (Å²) in [6.45, 7) is 1.86. The molecule has 1 aliphatic heterocycles. The number of benzene rings is 2. The van der Waals surface area contributed by atoms with E-state index in [0.29, 0.717) is 22.5 Å². The van der Waals surface area contributed by atoms with Crippen LogP contribution in [0.3, 0.4) is 0 Å². The van der Waals surface area contributed by atoms with Crippen LogP contribution >= 0.6 is 0 Å². The van der Waals surface area contributed by atoms with E-state index in [1.807, 2.05) is 13.0 Å². The molecule has 6 nitrogen and oxygen atoms in total. The van der Waals surface area contributed by atoms with Crippen LogP contribution in [-0.4, -0.2) is 22.7 Å². The van der Waals surface area contributed by atoms with Crippen LogP contribution in [0.1, 0.15) is 40.7 Å². The number of hydrogen-bond acceptors (Lipinski definition) is 4. The van der Waals surface area contributed by atoms with E-state index in [1.165, 1.54) is 0 Å². The lowest BCUT2D eigenvalue weighted by atomic mass is 9.87. The number of rotatable bonds is 5. The van der Waals surface area contributed by atoms with Crippen molar-refractivity contribution in [2.75, 3.05) is 10.6 Å². The highest BCUT2D eigenvalue weighted by atomic mass is 16.3. The maximum atomic E-state index is 12.7. The zero-order chi connectivity index (χ0) is 19.2. The molecule has 1 saturated carbocycles. The maximum absolute atomic E-state index is 12.7. The van der Waals surface area contributed by atoms with Crippen LogP contribution < -0.4 is 10.6 Å². The number of anilines is 2. The third kappa shape index (κ3) is 3.24. The average molecular weight is 364 g/mol. The number of aryl methyl sites for hydroxylation is 1. The first-order valence-corrected chi connectivity index (χ1v) is 8.96. The van der Waals surface area contributed by atoms with Crippen molar-refractivity contribution in [3.8, 4) is 0 Å². The summed E-state index contributed by atoms with van der Waals surface area (Å²) >= 11 is 0. The summed E-state index contributed by atoms with van der Waals surface area (Å²) in [7, 11) is 0. The Morgan fingerprint density at radius 2 is 1.89 bits per heavy atom. The lowest BCUT2D eigenvalue weighted by molar-refractivity contribution is -0.133. The molecule has 0 aromatic heterocycles. The van der Waals surface area contributed by atoms with Crippen molar-refractivity contribution in [3.05, 3.63) is 59.2 Å². The molecule has 1 atom stereocenters. The molecule has 0 radical (unpaired) electrons. The van der Waals surface area contributed by atoms with Crippen LogP contribution in [0, 0.1) is 12.8 Å². The van der Waals surface area contributed by atoms with E-state index < -0.39 is 11.5 Å². The van der Waals surface area contributed by atoms with E-state index in [1.54, 1.807) is 36.4 Å². The van der Waals surface area contributed by atoms with Crippen LogP contribution in [-0.2, 0) is 15.2 Å². The Bertz CT molecular complexity index is 947. The quantitative estimate of drug-likeness (QED) is 0.711. The van der Waals surface area contributed by atoms with Gasteiger partial charge in [0.05, 0.1) is 6.42 Å². The van der Waals surface area contributed by atoms with Crippen LogP contribution in [0.15, 0.2) is 42.5 Å². The minimum absolute atomic E-state index is 0.00186. The molecule has 4 rings (SSSR count). The minimum atomic E-state index is -1.88. The van der Waals surface area contributed by atoms with Crippen molar-refractivity contribution in [3.63, 3.8) is 0 Å². The van der Waals surface area contributed by atoms with Crippen LogP contribution in [0.2, 0.25) is 0 Å². The molecule has 1 fully saturated rings. The van der Waals surface area contributed by atoms with Gasteiger partial charge in [-0.2, -0.15) is 0 Å². The molecule has 2 aliphatic rings. The highest BCUT2D eigenvalue weighted by molar-refractivity contribution is 6.09. The summed E-state index contributed by atoms with van der Waals surface area (Å²) in [4.78, 5) is 36.8. The summed E-state index contributed by atoms with van der Waals surface area (Å²) in [5.41, 5.74) is 0.973. The summed E-state index contributed by atoms with van der Waals surface area (Å²) in [6, 6.07) is 11.8. The first-order valence-electron chi connectivity index (χ1n) is 8.96. The number of nitrogens with one attached hydrogen (secondary N) is 2. The van der Waals surface area contributed by atoms with Gasteiger partial charge in [-0.25, -0.2) is 0 Å². The lowest BCUT2D eigenvalue weighted by Gasteiger charge is -2.20. The Morgan fingerprint density at radius 3 is 2.56 bits per heavy atom. The number of hydrogen-bond donors (Lipinski definition) is 3. The highest BCUT2D eigenvalue weighted by Crippen LogP contribution is 2.39. The van der Waals surface area contributed by atoms with Gasteiger partial charge >= 0.3 is 0 Å². The second-order valence-corrected chi connectivity index (χ2v) is 7.30. The molecule has 3 N–H and O–H groups in total. The molecule has 2 aromatic rings. The van der Waals surface area contributed by atoms with Gasteiger partial charge in [-0.1, -0.05) is 17.7 Å². The molecule has 1 unspecified atom stereocenters. The number of amides is 2. The third-order valence-electron chi connectivity index (χ3n) is 5.08. The normalized spacial score (nSPS) is 20.7. The van der Waals surface area contributed by atoms with Crippen molar-refractivity contribution in [2.45, 2.75) is 31.8 Å². The second-order valence-electron chi connectivity index (χ2n) is 7.30. The van der Waals surface area contributed by atoms with Gasteiger partial charge in [-0.05, 0) is 50.1 Å². The first-order chi connectivity index (χ1) is 12.9. The van der Waals surface area contributed by atoms with E-state index in [0.717, 1.165) is 18.4 Å². The fourth-order valence-corrected chi connectivity index (χ4v) is 3.30. The van der Waals surface area contributed by atoms with E-state index in [4.69, 9.17) is 0 Å². The fourth-order valence-electron chi connectivity index (χ4n) is 3.30. The smallest absolute Gasteiger partial charge is 0.261 e. The highest BCUT2D eigenvalue weighted by Gasteiger charge is 2.46. The summed E-state index contributed by atoms with van der Waals surface area (Å²) in [6.07, 6.45) is 1.50. The SMILES string of the molecule is Cc1ccc2c(c1)C(O)(CC(=O)c1ccc(NC(=O)C3CC3)cc1)C(=O)N2. The van der Waals surface area contributed by atoms with E-state index in [9.17, 15) is 19.5 Å². The number of Topliss-reactive ketones (excluding diaryl/α,β-unsaturated/α-hetero) is 1. The predicted octanol–water partition coefficient (Wildman–Crippen LogP) is 2.76. The maximum Gasteiger partial charge on any atom is 0.261 e. The van der Waals surface area contributed by atoms with Gasteiger partial charge in [0.15, 0.2) is 11.4 Å². The Hall–Kier alpha value is -2.99. The van der Waals surface area contributed by atoms with Crippen molar-refractivity contribution >= 4 is 29.0 Å². The van der Waals surface area contributed by atoms with Crippen LogP contribution in [0.25, 0.3) is 0 Å². The molecular formula is C21H20N2O4. The topological polar surface area (TPSA) is 95.5 Å². The molecule has 1 aliphatic carbocycles. The van der Waals surface area contributed by atoms with Gasteiger partial charge < -0.3 is 15.7 Å². The van der Waals surface area contributed by atoms with Crippen LogP contribution in [0.4, 0.5) is 11.4 Å². The summed E-state index contributed by atoms with van der Waals surface area (Å²) in [5, 5.41) is 16.4. The lowest BCUT2D eigenvalue weighted by Crippen LogP contribution is -2.36. The molecule has 0 spiro atoms. The molecule has 0 saturated heterocycles. The number of carbonyl (C=O) groups excluding carboxylic acids is 3. The Labute approximate surface area is 156 Å². The van der Waals surface area contributed by atoms with Gasteiger partial charge in [0.1, 0.15) is 0 Å². The zero-order valence-corrected chi connectivity index (χ0v) is 14.9. The van der Waals surface area contributed by atoms with Gasteiger partial charge in [0, 0.05) is 28.4 Å². The van der Waals surface area contributed by atoms with Crippen molar-refractivity contribution < 1.29 is 19.5 Å². The number of fused-ring (bicyclic) bond motifs is 1. The van der Waals surface area contributed by atoms with E-state index in [-0.39, 0.29) is 24.0 Å². The Kier molecular flexibility index (Phi) is 4.08. The Balaban J connectivity index is 1.51. The summed E-state index contributed by atoms with van der Waals surface area (Å²) in [5.74, 6) is -0.838. The van der Waals surface area contributed by atoms with Gasteiger partial charge in [0.2, 0.25) is 5.91 Å². The molecule has 27 heavy (non-hydrogen) atoms. The largest absolute Gasteiger partial charge is 0.375 e. The standard InChI is InChI=1S/C21H20N2O4/c1-12-2-9-17-16(10-12)21(27,20(26)23-17)11-18(24)13-5-7-15(8-6-13)22-19(25)14-3-4-14/h2,5-10,14,27H,3-4,11H2,1H3,(H,22,25)(H,23,26). The number of aliphatic hydroxyl groups is 1. The van der Waals surface area contributed by atoms with Crippen molar-refractivity contribution in [2.24, 2.45) is 5.92 Å². The molecule has 2 amide bonds. The van der Waals surface area contributed by atoms with Crippen molar-refractivity contribution in [1.29, 1.82) is 0 Å². The van der Waals surface area contributed by atoms with E-state index in [2.05, 4.69) is 10.6 Å². The first kappa shape index (κ1) is 17.4. The molecule has 6 heteroatoms. The van der Waals surface area contributed by atoms with Crippen LogP contribution in [0.5, 0.6) is 0 Å². The Morgan fingerprint density at radius 1 is 1.19 bits per heavy atom. The van der Waals surface area contributed by atoms with Gasteiger partial charge in [0.25, 0.3) is 5.91 Å². The predicted molar refractivity (Wildman–Crippen MR) is 100 cm³/mol. The summed E-state index contributed by atoms with van der Waals surface area (Å²) < 4.78 is 0. The molecule has 138 valence electrons. The minimum Gasteiger partial charge on any atom is -0.375 e.